The van der Waals surface area contributed by atoms with Crippen LogP contribution in [0.3, 0.4) is 0 Å². The zero-order valence-corrected chi connectivity index (χ0v) is 13.3. The van der Waals surface area contributed by atoms with Gasteiger partial charge in [0.2, 0.25) is 15.9 Å². The third kappa shape index (κ3) is 5.50. The summed E-state index contributed by atoms with van der Waals surface area (Å²) in [5.41, 5.74) is 0. The molecule has 1 aromatic rings. The van der Waals surface area contributed by atoms with Crippen LogP contribution in [0.25, 0.3) is 0 Å². The van der Waals surface area contributed by atoms with E-state index in [1.165, 1.54) is 32.4 Å². The van der Waals surface area contributed by atoms with Crippen LogP contribution in [0.5, 0.6) is 5.75 Å². The van der Waals surface area contributed by atoms with Crippen molar-refractivity contribution in [1.82, 2.24) is 10.0 Å². The molecule has 1 rings (SSSR count). The maximum atomic E-state index is 12.1. The van der Waals surface area contributed by atoms with Gasteiger partial charge < -0.3 is 14.8 Å². The number of hydrogen-bond acceptors (Lipinski definition) is 5. The van der Waals surface area contributed by atoms with Crippen LogP contribution in [0.2, 0.25) is 5.02 Å². The van der Waals surface area contributed by atoms with Crippen molar-refractivity contribution in [2.45, 2.75) is 4.90 Å². The molecule has 21 heavy (non-hydrogen) atoms. The Bertz CT molecular complexity index is 591. The number of ether oxygens (including phenoxy) is 2. The molecule has 0 aliphatic heterocycles. The highest BCUT2D eigenvalue weighted by molar-refractivity contribution is 7.89. The average Bonchev–Trinajstić information content (AvgIpc) is 2.45. The predicted molar refractivity (Wildman–Crippen MR) is 78.1 cm³/mol. The van der Waals surface area contributed by atoms with Crippen molar-refractivity contribution in [2.75, 3.05) is 33.9 Å². The zero-order chi connectivity index (χ0) is 15.9. The van der Waals surface area contributed by atoms with E-state index in [4.69, 9.17) is 21.1 Å². The normalized spacial score (nSPS) is 11.2. The largest absolute Gasteiger partial charge is 0.495 e. The Morgan fingerprint density at radius 3 is 2.67 bits per heavy atom. The van der Waals surface area contributed by atoms with Crippen molar-refractivity contribution in [3.8, 4) is 5.75 Å². The van der Waals surface area contributed by atoms with E-state index in [1.54, 1.807) is 0 Å². The fraction of sp³-hybridized carbons (Fsp3) is 0.417. The molecule has 0 radical (unpaired) electrons. The minimum Gasteiger partial charge on any atom is -0.495 e. The second kappa shape index (κ2) is 8.18. The Balaban J connectivity index is 2.74. The first-order valence-corrected chi connectivity index (χ1v) is 7.85. The maximum absolute atomic E-state index is 12.1. The average molecular weight is 337 g/mol. The molecule has 9 heteroatoms. The molecule has 1 amide bonds. The van der Waals surface area contributed by atoms with Crippen LogP contribution >= 0.6 is 11.6 Å². The first-order valence-electron chi connectivity index (χ1n) is 5.99. The van der Waals surface area contributed by atoms with Gasteiger partial charge in [-0.05, 0) is 18.2 Å². The van der Waals surface area contributed by atoms with E-state index in [-0.39, 0.29) is 22.2 Å². The van der Waals surface area contributed by atoms with Gasteiger partial charge in [-0.25, -0.2) is 13.1 Å². The van der Waals surface area contributed by atoms with Crippen molar-refractivity contribution in [3.63, 3.8) is 0 Å². The highest BCUT2D eigenvalue weighted by Gasteiger charge is 2.20. The second-order valence-corrected chi connectivity index (χ2v) is 6.13. The molecule has 0 aliphatic carbocycles. The molecule has 0 fully saturated rings. The first-order chi connectivity index (χ1) is 9.90. The smallest absolute Gasteiger partial charge is 0.244 e. The van der Waals surface area contributed by atoms with Gasteiger partial charge in [0.15, 0.2) is 0 Å². The van der Waals surface area contributed by atoms with E-state index in [9.17, 15) is 13.2 Å². The van der Waals surface area contributed by atoms with Gasteiger partial charge >= 0.3 is 0 Å². The third-order valence-corrected chi connectivity index (χ3v) is 4.12. The molecule has 0 unspecified atom stereocenters. The molecule has 0 heterocycles. The summed E-state index contributed by atoms with van der Waals surface area (Å²) in [7, 11) is -1.06. The molecule has 0 aromatic heterocycles. The van der Waals surface area contributed by atoms with Crippen LogP contribution in [0.4, 0.5) is 0 Å². The summed E-state index contributed by atoms with van der Waals surface area (Å²) in [6, 6.07) is 4.21. The zero-order valence-electron chi connectivity index (χ0n) is 11.7. The van der Waals surface area contributed by atoms with Crippen molar-refractivity contribution in [2.24, 2.45) is 0 Å². The number of methoxy groups -OCH3 is 2. The van der Waals surface area contributed by atoms with Crippen LogP contribution in [0.1, 0.15) is 0 Å². The van der Waals surface area contributed by atoms with Crippen LogP contribution in [0.15, 0.2) is 23.1 Å². The van der Waals surface area contributed by atoms with Gasteiger partial charge in [0, 0.05) is 18.7 Å². The molecule has 2 N–H and O–H groups in total. The van der Waals surface area contributed by atoms with Crippen LogP contribution in [-0.2, 0) is 19.6 Å². The molecule has 7 nitrogen and oxygen atoms in total. The van der Waals surface area contributed by atoms with Crippen molar-refractivity contribution < 1.29 is 22.7 Å². The molecule has 0 bridgehead atoms. The number of rotatable bonds is 8. The molecule has 1 aromatic carbocycles. The standard InChI is InChI=1S/C12H17ClN2O5S/c1-19-6-5-14-12(16)8-15-21(17,18)11-7-9(13)3-4-10(11)20-2/h3-4,7,15H,5-6,8H2,1-2H3,(H,14,16). The van der Waals surface area contributed by atoms with E-state index >= 15 is 0 Å². The minimum absolute atomic E-state index is 0.123. The molecule has 0 saturated carbocycles. The van der Waals surface area contributed by atoms with Crippen LogP contribution in [-0.4, -0.2) is 48.2 Å². The quantitative estimate of drug-likeness (QED) is 0.670. The monoisotopic (exact) mass is 336 g/mol. The van der Waals surface area contributed by atoms with Gasteiger partial charge in [0.1, 0.15) is 10.6 Å². The Labute approximate surface area is 128 Å². The van der Waals surface area contributed by atoms with Gasteiger partial charge in [0.05, 0.1) is 20.3 Å². The van der Waals surface area contributed by atoms with E-state index in [0.29, 0.717) is 13.2 Å². The summed E-state index contributed by atoms with van der Waals surface area (Å²) in [6.45, 7) is 0.264. The lowest BCUT2D eigenvalue weighted by molar-refractivity contribution is -0.120. The van der Waals surface area contributed by atoms with Crippen LogP contribution < -0.4 is 14.8 Å². The number of carbonyl (C=O) groups is 1. The third-order valence-electron chi connectivity index (χ3n) is 2.47. The highest BCUT2D eigenvalue weighted by Crippen LogP contribution is 2.26. The molecule has 0 saturated heterocycles. The predicted octanol–water partition coefficient (Wildman–Crippen LogP) is 0.389. The van der Waals surface area contributed by atoms with Crippen molar-refractivity contribution in [3.05, 3.63) is 23.2 Å². The number of sulfonamides is 1. The number of halogens is 1. The lowest BCUT2D eigenvalue weighted by atomic mass is 10.3. The summed E-state index contributed by atoms with van der Waals surface area (Å²) in [5, 5.41) is 2.75. The van der Waals surface area contributed by atoms with Crippen LogP contribution in [0, 0.1) is 0 Å². The highest BCUT2D eigenvalue weighted by atomic mass is 35.5. The summed E-state index contributed by atoms with van der Waals surface area (Å²) < 4.78 is 36.2. The van der Waals surface area contributed by atoms with E-state index in [2.05, 4.69) is 10.0 Å². The van der Waals surface area contributed by atoms with Gasteiger partial charge in [-0.1, -0.05) is 11.6 Å². The number of benzene rings is 1. The van der Waals surface area contributed by atoms with Crippen molar-refractivity contribution >= 4 is 27.5 Å². The van der Waals surface area contributed by atoms with Gasteiger partial charge in [-0.2, -0.15) is 0 Å². The minimum atomic E-state index is -3.90. The summed E-state index contributed by atoms with van der Waals surface area (Å²) >= 11 is 5.79. The number of hydrogen-bond donors (Lipinski definition) is 2. The molecular weight excluding hydrogens is 320 g/mol. The van der Waals surface area contributed by atoms with Crippen molar-refractivity contribution in [1.29, 1.82) is 0 Å². The SMILES string of the molecule is COCCNC(=O)CNS(=O)(=O)c1cc(Cl)ccc1OC. The Kier molecular flexibility index (Phi) is 6.90. The van der Waals surface area contributed by atoms with E-state index in [0.717, 1.165) is 0 Å². The molecule has 0 spiro atoms. The number of amides is 1. The Hall–Kier alpha value is -1.35. The fourth-order valence-corrected chi connectivity index (χ4v) is 2.87. The second-order valence-electron chi connectivity index (χ2n) is 3.96. The van der Waals surface area contributed by atoms with Gasteiger partial charge in [0.25, 0.3) is 0 Å². The topological polar surface area (TPSA) is 93.7 Å². The summed E-state index contributed by atoms with van der Waals surface area (Å²) in [5.74, 6) is -0.316. The maximum Gasteiger partial charge on any atom is 0.244 e. The lowest BCUT2D eigenvalue weighted by Gasteiger charge is -2.11. The van der Waals surface area contributed by atoms with E-state index < -0.39 is 15.9 Å². The van der Waals surface area contributed by atoms with Gasteiger partial charge in [-0.3, -0.25) is 4.79 Å². The lowest BCUT2D eigenvalue weighted by Crippen LogP contribution is -2.38. The molecule has 118 valence electrons. The number of carbonyl (C=O) groups excluding carboxylic acids is 1. The Morgan fingerprint density at radius 2 is 2.05 bits per heavy atom. The van der Waals surface area contributed by atoms with E-state index in [1.807, 2.05) is 0 Å². The summed E-state index contributed by atoms with van der Waals surface area (Å²) in [4.78, 5) is 11.3. The molecule has 0 aliphatic rings. The molecule has 0 atom stereocenters. The molecular formula is C12H17ClN2O5S. The first kappa shape index (κ1) is 17.7. The fourth-order valence-electron chi connectivity index (χ4n) is 1.45. The number of nitrogens with one attached hydrogen (secondary N) is 2. The summed E-state index contributed by atoms with van der Waals surface area (Å²) in [6.07, 6.45) is 0. The Morgan fingerprint density at radius 1 is 1.33 bits per heavy atom. The van der Waals surface area contributed by atoms with Gasteiger partial charge in [-0.15, -0.1) is 0 Å².